The van der Waals surface area contributed by atoms with Crippen molar-refractivity contribution in [1.82, 2.24) is 24.6 Å². The van der Waals surface area contributed by atoms with Crippen LogP contribution in [0.5, 0.6) is 0 Å². The zero-order valence-electron chi connectivity index (χ0n) is 17.8. The van der Waals surface area contributed by atoms with Crippen LogP contribution in [0.4, 0.5) is 5.69 Å². The molecule has 1 aliphatic carbocycles. The maximum absolute atomic E-state index is 12.8. The first-order valence-corrected chi connectivity index (χ1v) is 10.9. The lowest BCUT2D eigenvalue weighted by molar-refractivity contribution is -0.384. The number of nitrogens with one attached hydrogen (secondary N) is 1. The van der Waals surface area contributed by atoms with Crippen LogP contribution in [0, 0.1) is 16.0 Å². The van der Waals surface area contributed by atoms with E-state index in [2.05, 4.69) is 15.4 Å². The number of hydrogen-bond donors (Lipinski definition) is 1. The quantitative estimate of drug-likeness (QED) is 0.404. The Hall–Kier alpha value is -3.56. The number of nitro benzene ring substituents is 1. The number of amides is 1. The maximum atomic E-state index is 12.8. The van der Waals surface area contributed by atoms with Crippen molar-refractivity contribution in [2.45, 2.75) is 51.6 Å². The Kier molecular flexibility index (Phi) is 6.58. The van der Waals surface area contributed by atoms with E-state index in [-0.39, 0.29) is 23.7 Å². The van der Waals surface area contributed by atoms with Crippen LogP contribution in [0.3, 0.4) is 0 Å². The molecule has 1 saturated carbocycles. The number of nitrogens with zero attached hydrogens (tertiary/aromatic N) is 5. The highest BCUT2D eigenvalue weighted by Crippen LogP contribution is 2.28. The number of nitro groups is 1. The summed E-state index contributed by atoms with van der Waals surface area (Å²) in [6.45, 7) is 1.10. The summed E-state index contributed by atoms with van der Waals surface area (Å²) in [4.78, 5) is 39.6. The third kappa shape index (κ3) is 5.01. The molecule has 0 bridgehead atoms. The van der Waals surface area contributed by atoms with E-state index in [9.17, 15) is 19.7 Å². The molecule has 1 fully saturated rings. The molecule has 3 aromatic rings. The van der Waals surface area contributed by atoms with Crippen molar-refractivity contribution in [2.75, 3.05) is 6.54 Å². The Bertz CT molecular complexity index is 1160. The fraction of sp³-hybridized carbons (Fsp3) is 0.455. The summed E-state index contributed by atoms with van der Waals surface area (Å²) >= 11 is 0. The summed E-state index contributed by atoms with van der Waals surface area (Å²) in [5.41, 5.74) is 0.989. The third-order valence-corrected chi connectivity index (χ3v) is 6.02. The van der Waals surface area contributed by atoms with E-state index in [0.717, 1.165) is 12.0 Å². The fourth-order valence-corrected chi connectivity index (χ4v) is 4.22. The molecule has 168 valence electrons. The topological polar surface area (TPSA) is 125 Å². The lowest BCUT2D eigenvalue weighted by Gasteiger charge is -2.09. The Morgan fingerprint density at radius 3 is 2.69 bits per heavy atom. The number of carbonyl (C=O) groups is 1. The van der Waals surface area contributed by atoms with Gasteiger partial charge < -0.3 is 5.32 Å². The van der Waals surface area contributed by atoms with Gasteiger partial charge in [0.15, 0.2) is 5.65 Å². The Labute approximate surface area is 184 Å². The van der Waals surface area contributed by atoms with Gasteiger partial charge in [0.2, 0.25) is 5.91 Å². The van der Waals surface area contributed by atoms with Crippen LogP contribution < -0.4 is 10.9 Å². The van der Waals surface area contributed by atoms with E-state index in [0.29, 0.717) is 36.5 Å². The highest BCUT2D eigenvalue weighted by Gasteiger charge is 2.16. The van der Waals surface area contributed by atoms with Gasteiger partial charge in [0, 0.05) is 25.1 Å². The summed E-state index contributed by atoms with van der Waals surface area (Å²) in [6.07, 6.45) is 9.47. The van der Waals surface area contributed by atoms with Crippen LogP contribution in [0.2, 0.25) is 0 Å². The first kappa shape index (κ1) is 21.7. The molecule has 1 amide bonds. The molecule has 0 unspecified atom stereocenters. The van der Waals surface area contributed by atoms with Crippen molar-refractivity contribution in [3.05, 3.63) is 62.8 Å². The summed E-state index contributed by atoms with van der Waals surface area (Å²) in [7, 11) is 0. The van der Waals surface area contributed by atoms with Gasteiger partial charge in [-0.3, -0.25) is 24.3 Å². The number of carbonyl (C=O) groups excluding carboxylic acids is 1. The van der Waals surface area contributed by atoms with Crippen molar-refractivity contribution in [1.29, 1.82) is 0 Å². The van der Waals surface area contributed by atoms with Crippen LogP contribution in [0.25, 0.3) is 11.0 Å². The number of aromatic nitrogens is 4. The highest BCUT2D eigenvalue weighted by molar-refractivity contribution is 5.76. The van der Waals surface area contributed by atoms with E-state index in [1.165, 1.54) is 54.9 Å². The van der Waals surface area contributed by atoms with Gasteiger partial charge in [0.1, 0.15) is 11.7 Å². The fourth-order valence-electron chi connectivity index (χ4n) is 4.22. The molecule has 10 heteroatoms. The minimum atomic E-state index is -0.462. The zero-order chi connectivity index (χ0) is 22.5. The van der Waals surface area contributed by atoms with Gasteiger partial charge in [-0.1, -0.05) is 37.8 Å². The molecule has 0 spiro atoms. The second kappa shape index (κ2) is 9.71. The summed E-state index contributed by atoms with van der Waals surface area (Å²) in [6, 6.07) is 6.06. The SMILES string of the molecule is O=C(CCC1CCCC1)NCCn1ncc2c(=O)n(Cc3ccc([N+](=O)[O-])cc3)cnc21. The zero-order valence-corrected chi connectivity index (χ0v) is 17.8. The highest BCUT2D eigenvalue weighted by atomic mass is 16.6. The Morgan fingerprint density at radius 2 is 1.97 bits per heavy atom. The number of fused-ring (bicyclic) bond motifs is 1. The Morgan fingerprint density at radius 1 is 1.22 bits per heavy atom. The standard InChI is InChI=1S/C22H26N6O4/c29-20(10-7-16-3-1-2-4-16)23-11-12-27-21-19(13-25-27)22(30)26(15-24-21)14-17-5-8-18(9-6-17)28(31)32/h5-6,8-9,13,15-16H,1-4,7,10-12,14H2,(H,23,29). The third-order valence-electron chi connectivity index (χ3n) is 6.02. The average molecular weight is 438 g/mol. The predicted molar refractivity (Wildman–Crippen MR) is 118 cm³/mol. The van der Waals surface area contributed by atoms with Gasteiger partial charge in [0.25, 0.3) is 11.2 Å². The first-order valence-electron chi connectivity index (χ1n) is 10.9. The minimum absolute atomic E-state index is 0.00146. The smallest absolute Gasteiger partial charge is 0.269 e. The van der Waals surface area contributed by atoms with Crippen LogP contribution >= 0.6 is 0 Å². The van der Waals surface area contributed by atoms with Gasteiger partial charge in [-0.25, -0.2) is 9.67 Å². The molecule has 32 heavy (non-hydrogen) atoms. The molecular formula is C22H26N6O4. The normalized spacial score (nSPS) is 14.1. The molecule has 0 radical (unpaired) electrons. The van der Waals surface area contributed by atoms with Crippen LogP contribution in [-0.2, 0) is 17.9 Å². The number of non-ortho nitro benzene ring substituents is 1. The van der Waals surface area contributed by atoms with Gasteiger partial charge >= 0.3 is 0 Å². The maximum Gasteiger partial charge on any atom is 0.269 e. The molecule has 0 saturated heterocycles. The predicted octanol–water partition coefficient (Wildman–Crippen LogP) is 2.64. The molecule has 0 aliphatic heterocycles. The molecule has 1 N–H and O–H groups in total. The van der Waals surface area contributed by atoms with Crippen LogP contribution in [0.15, 0.2) is 41.6 Å². The average Bonchev–Trinajstić information content (AvgIpc) is 3.45. The van der Waals surface area contributed by atoms with Gasteiger partial charge in [-0.05, 0) is 17.9 Å². The van der Waals surface area contributed by atoms with Crippen LogP contribution in [-0.4, -0.2) is 36.7 Å². The van der Waals surface area contributed by atoms with Crippen molar-refractivity contribution in [2.24, 2.45) is 5.92 Å². The second-order valence-corrected chi connectivity index (χ2v) is 8.25. The monoisotopic (exact) mass is 438 g/mol. The van der Waals surface area contributed by atoms with Crippen molar-refractivity contribution < 1.29 is 9.72 Å². The van der Waals surface area contributed by atoms with Crippen molar-refractivity contribution in [3.8, 4) is 0 Å². The van der Waals surface area contributed by atoms with Gasteiger partial charge in [-0.2, -0.15) is 5.10 Å². The minimum Gasteiger partial charge on any atom is -0.354 e. The summed E-state index contributed by atoms with van der Waals surface area (Å²) < 4.78 is 3.06. The van der Waals surface area contributed by atoms with E-state index in [1.54, 1.807) is 16.8 Å². The molecule has 1 aromatic carbocycles. The largest absolute Gasteiger partial charge is 0.354 e. The number of benzene rings is 1. The van der Waals surface area contributed by atoms with E-state index < -0.39 is 4.92 Å². The van der Waals surface area contributed by atoms with Gasteiger partial charge in [0.05, 0.1) is 24.2 Å². The molecular weight excluding hydrogens is 412 g/mol. The molecule has 2 heterocycles. The summed E-state index contributed by atoms with van der Waals surface area (Å²) in [5.74, 6) is 0.736. The van der Waals surface area contributed by atoms with Crippen molar-refractivity contribution in [3.63, 3.8) is 0 Å². The number of rotatable bonds is 9. The van der Waals surface area contributed by atoms with E-state index >= 15 is 0 Å². The lowest BCUT2D eigenvalue weighted by atomic mass is 10.0. The van der Waals surface area contributed by atoms with Crippen molar-refractivity contribution >= 4 is 22.6 Å². The Balaban J connectivity index is 1.35. The molecule has 2 aromatic heterocycles. The number of hydrogen-bond acceptors (Lipinski definition) is 6. The second-order valence-electron chi connectivity index (χ2n) is 8.25. The van der Waals surface area contributed by atoms with Crippen LogP contribution in [0.1, 0.15) is 44.1 Å². The molecule has 1 aliphatic rings. The lowest BCUT2D eigenvalue weighted by Crippen LogP contribution is -2.28. The van der Waals surface area contributed by atoms with E-state index in [4.69, 9.17) is 0 Å². The molecule has 4 rings (SSSR count). The molecule has 0 atom stereocenters. The molecule has 10 nitrogen and oxygen atoms in total. The summed E-state index contributed by atoms with van der Waals surface area (Å²) in [5, 5.41) is 18.3. The first-order chi connectivity index (χ1) is 15.5. The van der Waals surface area contributed by atoms with Gasteiger partial charge in [-0.15, -0.1) is 0 Å². The van der Waals surface area contributed by atoms with E-state index in [1.807, 2.05) is 0 Å².